The Morgan fingerprint density at radius 3 is 2.02 bits per heavy atom. The monoisotopic (exact) mass is 718 g/mol. The van der Waals surface area contributed by atoms with Crippen LogP contribution in [0.4, 0.5) is 17.1 Å². The molecule has 0 radical (unpaired) electrons. The molecular formula is C43H50N4O6. The fraction of sp³-hybridized carbons (Fsp3) is 0.419. The predicted molar refractivity (Wildman–Crippen MR) is 206 cm³/mol. The van der Waals surface area contributed by atoms with E-state index in [1.807, 2.05) is 117 Å². The van der Waals surface area contributed by atoms with E-state index in [-0.39, 0.29) is 30.9 Å². The summed E-state index contributed by atoms with van der Waals surface area (Å²) in [5.74, 6) is -2.15. The lowest BCUT2D eigenvalue weighted by atomic mass is 9.73. The number of fused-ring (bicyclic) bond motifs is 2. The van der Waals surface area contributed by atoms with E-state index in [0.717, 1.165) is 24.3 Å². The number of ether oxygens (including phenoxy) is 2. The largest absolute Gasteiger partial charge is 0.494 e. The Kier molecular flexibility index (Phi) is 10.2. The molecule has 1 unspecified atom stereocenters. The van der Waals surface area contributed by atoms with Crippen LogP contribution in [0, 0.1) is 11.8 Å². The molecule has 0 aromatic heterocycles. The maximum absolute atomic E-state index is 15.3. The second-order valence-corrected chi connectivity index (χ2v) is 14.2. The average molecular weight is 719 g/mol. The third-order valence-corrected chi connectivity index (χ3v) is 11.5. The summed E-state index contributed by atoms with van der Waals surface area (Å²) in [7, 11) is 0. The summed E-state index contributed by atoms with van der Waals surface area (Å²) in [6.07, 6.45) is 8.39. The van der Waals surface area contributed by atoms with Crippen LogP contribution in [-0.4, -0.2) is 90.4 Å². The van der Waals surface area contributed by atoms with E-state index in [1.165, 1.54) is 0 Å². The summed E-state index contributed by atoms with van der Waals surface area (Å²) in [5.41, 5.74) is 0.754. The number of rotatable bonds is 12. The third kappa shape index (κ3) is 6.11. The summed E-state index contributed by atoms with van der Waals surface area (Å²) in [6.45, 7) is 10.5. The number of amides is 3. The van der Waals surface area contributed by atoms with Crippen molar-refractivity contribution in [3.63, 3.8) is 0 Å². The lowest BCUT2D eigenvalue weighted by molar-refractivity contribution is -0.149. The first-order valence-corrected chi connectivity index (χ1v) is 19.0. The van der Waals surface area contributed by atoms with E-state index in [9.17, 15) is 5.11 Å². The lowest BCUT2D eigenvalue weighted by Gasteiger charge is -2.41. The molecule has 4 heterocycles. The number of hydrogen-bond acceptors (Lipinski definition) is 7. The highest BCUT2D eigenvalue weighted by Crippen LogP contribution is 2.59. The van der Waals surface area contributed by atoms with E-state index in [2.05, 4.69) is 18.7 Å². The zero-order valence-electron chi connectivity index (χ0n) is 31.1. The van der Waals surface area contributed by atoms with Crippen LogP contribution < -0.4 is 19.4 Å². The van der Waals surface area contributed by atoms with Crippen LogP contribution in [0.15, 0.2) is 103 Å². The Labute approximate surface area is 312 Å². The highest BCUT2D eigenvalue weighted by molar-refractivity contribution is 6.08. The average Bonchev–Trinajstić information content (AvgIpc) is 3.48. The molecule has 2 saturated heterocycles. The molecule has 10 heteroatoms. The van der Waals surface area contributed by atoms with Crippen molar-refractivity contribution < 1.29 is 29.0 Å². The normalized spacial score (nSPS) is 26.9. The summed E-state index contributed by atoms with van der Waals surface area (Å²) >= 11 is 0. The zero-order chi connectivity index (χ0) is 37.3. The van der Waals surface area contributed by atoms with Gasteiger partial charge in [0.25, 0.3) is 5.91 Å². The van der Waals surface area contributed by atoms with Crippen molar-refractivity contribution in [2.24, 2.45) is 11.8 Å². The van der Waals surface area contributed by atoms with Crippen molar-refractivity contribution >= 4 is 34.8 Å². The van der Waals surface area contributed by atoms with Crippen LogP contribution >= 0.6 is 0 Å². The molecule has 6 atom stereocenters. The minimum absolute atomic E-state index is 0.241. The molecule has 4 aliphatic rings. The van der Waals surface area contributed by atoms with Gasteiger partial charge in [-0.05, 0) is 87.7 Å². The minimum atomic E-state index is -1.46. The Morgan fingerprint density at radius 1 is 0.792 bits per heavy atom. The fourth-order valence-corrected chi connectivity index (χ4v) is 9.01. The van der Waals surface area contributed by atoms with Gasteiger partial charge in [-0.2, -0.15) is 0 Å². The van der Waals surface area contributed by atoms with Gasteiger partial charge in [0.1, 0.15) is 17.4 Å². The van der Waals surface area contributed by atoms with Gasteiger partial charge in [0, 0.05) is 43.2 Å². The smallest absolute Gasteiger partial charge is 0.253 e. The second-order valence-electron chi connectivity index (χ2n) is 14.2. The van der Waals surface area contributed by atoms with Crippen LogP contribution in [0.1, 0.15) is 39.7 Å². The highest BCUT2D eigenvalue weighted by Gasteiger charge is 2.76. The van der Waals surface area contributed by atoms with Crippen LogP contribution in [0.2, 0.25) is 0 Å². The standard InChI is InChI=1S/C43H50N4O6/c1-5-42-24-12-26-45(33-20-22-35(23-21-33)52-8-4)39(49)36(42)37-40(50)47(34(29-48)28-30-14-10-9-11-15-30)38-41(51)46(27-13-25-43(37,38)53-42)32-18-16-31(17-19-32)44(6-2)7-3/h9-25,34,36-38,48H,5-8,26-29H2,1-4H3/t34-,36-,37+,38?,42+,43+/m1/s1. The van der Waals surface area contributed by atoms with Crippen LogP contribution in [-0.2, 0) is 25.5 Å². The van der Waals surface area contributed by atoms with Crippen molar-refractivity contribution in [2.75, 3.05) is 54.1 Å². The van der Waals surface area contributed by atoms with E-state index < -0.39 is 35.1 Å². The van der Waals surface area contributed by atoms with Crippen LogP contribution in [0.3, 0.4) is 0 Å². The van der Waals surface area contributed by atoms with Gasteiger partial charge in [-0.25, -0.2) is 0 Å². The molecular weight excluding hydrogens is 668 g/mol. The van der Waals surface area contributed by atoms with E-state index in [4.69, 9.17) is 9.47 Å². The van der Waals surface area contributed by atoms with Gasteiger partial charge in [-0.3, -0.25) is 14.4 Å². The summed E-state index contributed by atoms with van der Waals surface area (Å²) in [4.78, 5) is 52.7. The number of aliphatic hydroxyl groups excluding tert-OH is 1. The number of benzene rings is 3. The quantitative estimate of drug-likeness (QED) is 0.250. The molecule has 10 nitrogen and oxygen atoms in total. The molecule has 7 rings (SSSR count). The number of aliphatic hydroxyl groups is 1. The molecule has 0 aliphatic carbocycles. The van der Waals surface area contributed by atoms with Gasteiger partial charge < -0.3 is 34.2 Å². The third-order valence-electron chi connectivity index (χ3n) is 11.5. The number of carbonyl (C=O) groups excluding carboxylic acids is 3. The SMILES string of the molecule is CCOc1ccc(N2CC=C[C@]3(CC)O[C@]45C=CCN(c6ccc(N(CC)CC)cc6)C(=O)C4N([C@@H](CO)Cc4ccccc4)C(=O)[C@@H]5[C@@H]3C2=O)cc1. The lowest BCUT2D eigenvalue weighted by Crippen LogP contribution is -2.59. The van der Waals surface area contributed by atoms with Gasteiger partial charge in [0.2, 0.25) is 11.8 Å². The molecule has 53 heavy (non-hydrogen) atoms. The Bertz CT molecular complexity index is 1860. The maximum Gasteiger partial charge on any atom is 0.253 e. The Morgan fingerprint density at radius 2 is 1.42 bits per heavy atom. The summed E-state index contributed by atoms with van der Waals surface area (Å²) < 4.78 is 12.9. The second kappa shape index (κ2) is 14.8. The van der Waals surface area contributed by atoms with Crippen molar-refractivity contribution in [1.82, 2.24) is 4.90 Å². The van der Waals surface area contributed by atoms with Crippen molar-refractivity contribution in [2.45, 2.75) is 63.8 Å². The van der Waals surface area contributed by atoms with E-state index >= 15 is 14.4 Å². The van der Waals surface area contributed by atoms with Crippen LogP contribution in [0.5, 0.6) is 5.75 Å². The molecule has 3 amide bonds. The molecule has 0 saturated carbocycles. The van der Waals surface area contributed by atoms with Crippen molar-refractivity contribution in [1.29, 1.82) is 0 Å². The maximum atomic E-state index is 15.3. The molecule has 3 aromatic rings. The van der Waals surface area contributed by atoms with Gasteiger partial charge in [-0.15, -0.1) is 0 Å². The molecule has 278 valence electrons. The van der Waals surface area contributed by atoms with Crippen LogP contribution in [0.25, 0.3) is 0 Å². The molecule has 1 N–H and O–H groups in total. The van der Waals surface area contributed by atoms with Gasteiger partial charge in [0.15, 0.2) is 0 Å². The van der Waals surface area contributed by atoms with Gasteiger partial charge in [-0.1, -0.05) is 61.6 Å². The number of hydrogen-bond donors (Lipinski definition) is 1. The highest BCUT2D eigenvalue weighted by atomic mass is 16.5. The number of likely N-dealkylation sites (tertiary alicyclic amines) is 1. The minimum Gasteiger partial charge on any atom is -0.494 e. The summed E-state index contributed by atoms with van der Waals surface area (Å²) in [6, 6.07) is 23.1. The summed E-state index contributed by atoms with van der Waals surface area (Å²) in [5, 5.41) is 11.0. The molecule has 0 bridgehead atoms. The number of anilines is 3. The molecule has 3 aromatic carbocycles. The Hall–Kier alpha value is -4.93. The van der Waals surface area contributed by atoms with Crippen molar-refractivity contribution in [3.05, 3.63) is 109 Å². The van der Waals surface area contributed by atoms with E-state index in [0.29, 0.717) is 43.1 Å². The van der Waals surface area contributed by atoms with Gasteiger partial charge in [0.05, 0.1) is 36.7 Å². The molecule has 1 spiro atoms. The number of nitrogens with zero attached hydrogens (tertiary/aromatic N) is 4. The first-order chi connectivity index (χ1) is 25.7. The topological polar surface area (TPSA) is 103 Å². The Balaban J connectivity index is 1.33. The van der Waals surface area contributed by atoms with Crippen molar-refractivity contribution in [3.8, 4) is 5.75 Å². The fourth-order valence-electron chi connectivity index (χ4n) is 9.01. The number of carbonyl (C=O) groups is 3. The zero-order valence-corrected chi connectivity index (χ0v) is 31.1. The van der Waals surface area contributed by atoms with Gasteiger partial charge >= 0.3 is 0 Å². The molecule has 4 aliphatic heterocycles. The first-order valence-electron chi connectivity index (χ1n) is 19.0. The molecule has 2 fully saturated rings. The van der Waals surface area contributed by atoms with E-state index in [1.54, 1.807) is 14.7 Å². The predicted octanol–water partition coefficient (Wildman–Crippen LogP) is 5.40. The first kappa shape index (κ1) is 36.4.